The average molecular weight is 208 g/mol. The van der Waals surface area contributed by atoms with Gasteiger partial charge < -0.3 is 10.2 Å². The molecule has 0 aromatic rings. The lowest BCUT2D eigenvalue weighted by atomic mass is 10.1. The zero-order chi connectivity index (χ0) is 10.3. The molecule has 0 bridgehead atoms. The third-order valence-electron chi connectivity index (χ3n) is 4.41. The summed E-state index contributed by atoms with van der Waals surface area (Å²) in [5.41, 5.74) is 0. The van der Waals surface area contributed by atoms with Gasteiger partial charge in [0.05, 0.1) is 0 Å². The Morgan fingerprint density at radius 1 is 1.27 bits per heavy atom. The maximum absolute atomic E-state index is 3.67. The quantitative estimate of drug-likeness (QED) is 0.740. The van der Waals surface area contributed by atoms with E-state index in [1.165, 1.54) is 51.9 Å². The minimum atomic E-state index is 0.891. The predicted molar refractivity (Wildman–Crippen MR) is 62.8 cm³/mol. The Morgan fingerprint density at radius 2 is 2.07 bits per heavy atom. The molecular weight excluding hydrogens is 184 g/mol. The SMILES string of the molecule is CC1CC1CN1CCC(CNC2CC2)C1. The van der Waals surface area contributed by atoms with Crippen LogP contribution in [0.25, 0.3) is 0 Å². The van der Waals surface area contributed by atoms with Crippen molar-refractivity contribution in [1.29, 1.82) is 0 Å². The lowest BCUT2D eigenvalue weighted by molar-refractivity contribution is 0.303. The summed E-state index contributed by atoms with van der Waals surface area (Å²) in [6, 6.07) is 0.891. The molecule has 1 saturated heterocycles. The molecule has 3 atom stereocenters. The maximum Gasteiger partial charge on any atom is 0.00683 e. The molecule has 1 aliphatic heterocycles. The van der Waals surface area contributed by atoms with Crippen LogP contribution in [0.3, 0.4) is 0 Å². The molecule has 3 rings (SSSR count). The van der Waals surface area contributed by atoms with Gasteiger partial charge in [0.1, 0.15) is 0 Å². The van der Waals surface area contributed by atoms with Gasteiger partial charge in [-0.3, -0.25) is 0 Å². The van der Waals surface area contributed by atoms with Crippen LogP contribution in [0.15, 0.2) is 0 Å². The summed E-state index contributed by atoms with van der Waals surface area (Å²) in [5, 5.41) is 3.67. The third-order valence-corrected chi connectivity index (χ3v) is 4.41. The Balaban J connectivity index is 1.34. The van der Waals surface area contributed by atoms with Gasteiger partial charge in [0.25, 0.3) is 0 Å². The van der Waals surface area contributed by atoms with Crippen LogP contribution < -0.4 is 5.32 Å². The summed E-state index contributed by atoms with van der Waals surface area (Å²) >= 11 is 0. The topological polar surface area (TPSA) is 15.3 Å². The summed E-state index contributed by atoms with van der Waals surface area (Å²) in [7, 11) is 0. The fourth-order valence-electron chi connectivity index (χ4n) is 2.85. The summed E-state index contributed by atoms with van der Waals surface area (Å²) in [6.45, 7) is 7.79. The first-order chi connectivity index (χ1) is 7.31. The minimum Gasteiger partial charge on any atom is -0.314 e. The molecule has 2 aliphatic carbocycles. The molecule has 0 spiro atoms. The highest BCUT2D eigenvalue weighted by Gasteiger charge is 2.35. The number of nitrogens with zero attached hydrogens (tertiary/aromatic N) is 1. The first-order valence-electron chi connectivity index (χ1n) is 6.77. The van der Waals surface area contributed by atoms with E-state index in [0.29, 0.717) is 0 Å². The third kappa shape index (κ3) is 2.73. The van der Waals surface area contributed by atoms with Gasteiger partial charge in [0.2, 0.25) is 0 Å². The van der Waals surface area contributed by atoms with E-state index in [1.54, 1.807) is 0 Å². The molecular formula is C13H24N2. The van der Waals surface area contributed by atoms with Crippen molar-refractivity contribution >= 4 is 0 Å². The highest BCUT2D eigenvalue weighted by Crippen LogP contribution is 2.39. The van der Waals surface area contributed by atoms with Crippen LogP contribution in [-0.4, -0.2) is 37.1 Å². The van der Waals surface area contributed by atoms with E-state index >= 15 is 0 Å². The highest BCUT2D eigenvalue weighted by atomic mass is 15.2. The van der Waals surface area contributed by atoms with Gasteiger partial charge in [-0.05, 0) is 56.5 Å². The average Bonchev–Trinajstić information content (AvgIpc) is 3.10. The molecule has 0 radical (unpaired) electrons. The van der Waals surface area contributed by atoms with Crippen molar-refractivity contribution in [3.05, 3.63) is 0 Å². The Bertz CT molecular complexity index is 225. The minimum absolute atomic E-state index is 0.891. The van der Waals surface area contributed by atoms with E-state index < -0.39 is 0 Å². The molecule has 3 fully saturated rings. The lowest BCUT2D eigenvalue weighted by Gasteiger charge is -2.16. The molecule has 0 amide bonds. The molecule has 3 unspecified atom stereocenters. The largest absolute Gasteiger partial charge is 0.314 e. The van der Waals surface area contributed by atoms with E-state index in [0.717, 1.165) is 23.8 Å². The predicted octanol–water partition coefficient (Wildman–Crippen LogP) is 1.72. The van der Waals surface area contributed by atoms with Crippen molar-refractivity contribution in [2.24, 2.45) is 17.8 Å². The number of hydrogen-bond acceptors (Lipinski definition) is 2. The fourth-order valence-corrected chi connectivity index (χ4v) is 2.85. The van der Waals surface area contributed by atoms with Gasteiger partial charge >= 0.3 is 0 Å². The number of hydrogen-bond donors (Lipinski definition) is 1. The van der Waals surface area contributed by atoms with Crippen molar-refractivity contribution in [3.63, 3.8) is 0 Å². The zero-order valence-electron chi connectivity index (χ0n) is 9.91. The van der Waals surface area contributed by atoms with Crippen LogP contribution in [0, 0.1) is 17.8 Å². The van der Waals surface area contributed by atoms with Crippen molar-refractivity contribution in [3.8, 4) is 0 Å². The van der Waals surface area contributed by atoms with Crippen molar-refractivity contribution in [2.45, 2.75) is 38.6 Å². The number of nitrogens with one attached hydrogen (secondary N) is 1. The Morgan fingerprint density at radius 3 is 2.73 bits per heavy atom. The van der Waals surface area contributed by atoms with Crippen LogP contribution in [0.4, 0.5) is 0 Å². The first-order valence-corrected chi connectivity index (χ1v) is 6.77. The first kappa shape index (κ1) is 10.1. The van der Waals surface area contributed by atoms with Crippen molar-refractivity contribution in [1.82, 2.24) is 10.2 Å². The Kier molecular flexibility index (Phi) is 2.73. The van der Waals surface area contributed by atoms with Gasteiger partial charge in [-0.25, -0.2) is 0 Å². The lowest BCUT2D eigenvalue weighted by Crippen LogP contribution is -2.28. The van der Waals surface area contributed by atoms with Gasteiger partial charge in [-0.2, -0.15) is 0 Å². The van der Waals surface area contributed by atoms with E-state index in [2.05, 4.69) is 17.1 Å². The smallest absolute Gasteiger partial charge is 0.00683 e. The van der Waals surface area contributed by atoms with Gasteiger partial charge in [0.15, 0.2) is 0 Å². The molecule has 2 heteroatoms. The van der Waals surface area contributed by atoms with Crippen LogP contribution in [0.5, 0.6) is 0 Å². The second-order valence-corrected chi connectivity index (χ2v) is 6.07. The normalized spacial score (nSPS) is 41.0. The molecule has 0 aromatic heterocycles. The molecule has 1 N–H and O–H groups in total. The second-order valence-electron chi connectivity index (χ2n) is 6.07. The van der Waals surface area contributed by atoms with Gasteiger partial charge in [-0.15, -0.1) is 0 Å². The fraction of sp³-hybridized carbons (Fsp3) is 1.00. The molecule has 2 saturated carbocycles. The maximum atomic E-state index is 3.67. The van der Waals surface area contributed by atoms with Gasteiger partial charge in [0, 0.05) is 19.1 Å². The van der Waals surface area contributed by atoms with Crippen LogP contribution >= 0.6 is 0 Å². The molecule has 86 valence electrons. The van der Waals surface area contributed by atoms with E-state index in [-0.39, 0.29) is 0 Å². The summed E-state index contributed by atoms with van der Waals surface area (Å²) < 4.78 is 0. The molecule has 15 heavy (non-hydrogen) atoms. The van der Waals surface area contributed by atoms with E-state index in [9.17, 15) is 0 Å². The summed E-state index contributed by atoms with van der Waals surface area (Å²) in [6.07, 6.45) is 5.77. The van der Waals surface area contributed by atoms with Crippen LogP contribution in [0.1, 0.15) is 32.6 Å². The molecule has 2 nitrogen and oxygen atoms in total. The van der Waals surface area contributed by atoms with Crippen LogP contribution in [0.2, 0.25) is 0 Å². The van der Waals surface area contributed by atoms with Crippen LogP contribution in [-0.2, 0) is 0 Å². The zero-order valence-corrected chi connectivity index (χ0v) is 9.91. The second kappa shape index (κ2) is 4.06. The highest BCUT2D eigenvalue weighted by molar-refractivity contribution is 4.89. The molecule has 0 aromatic carbocycles. The number of rotatable bonds is 5. The molecule has 1 heterocycles. The summed E-state index contributed by atoms with van der Waals surface area (Å²) in [5.74, 6) is 3.01. The number of likely N-dealkylation sites (tertiary alicyclic amines) is 1. The van der Waals surface area contributed by atoms with Gasteiger partial charge in [-0.1, -0.05) is 6.92 Å². The Hall–Kier alpha value is -0.0800. The molecule has 3 aliphatic rings. The van der Waals surface area contributed by atoms with Crippen molar-refractivity contribution < 1.29 is 0 Å². The van der Waals surface area contributed by atoms with E-state index in [4.69, 9.17) is 0 Å². The Labute approximate surface area is 93.4 Å². The monoisotopic (exact) mass is 208 g/mol. The van der Waals surface area contributed by atoms with Crippen molar-refractivity contribution in [2.75, 3.05) is 26.2 Å². The van der Waals surface area contributed by atoms with E-state index in [1.807, 2.05) is 0 Å². The standard InChI is InChI=1S/C13H24N2/c1-10-6-12(10)9-15-5-4-11(8-15)7-14-13-2-3-13/h10-14H,2-9H2,1H3. The summed E-state index contributed by atoms with van der Waals surface area (Å²) in [4.78, 5) is 2.70.